The summed E-state index contributed by atoms with van der Waals surface area (Å²) in [4.78, 5) is 20.8. The van der Waals surface area contributed by atoms with E-state index in [0.29, 0.717) is 5.95 Å². The number of hydrogen-bond donors (Lipinski definition) is 2. The number of nitrogens with zero attached hydrogens (tertiary/aromatic N) is 3. The normalized spacial score (nSPS) is 16.4. The number of hydrogen-bond acceptors (Lipinski definition) is 6. The van der Waals surface area contributed by atoms with Crippen LogP contribution in [-0.2, 0) is 4.74 Å². The fraction of sp³-hybridized carbons (Fsp3) is 0.545. The molecule has 1 aliphatic rings. The minimum Gasteiger partial charge on any atom is -0.478 e. The van der Waals surface area contributed by atoms with Crippen LogP contribution in [0.2, 0.25) is 0 Å². The summed E-state index contributed by atoms with van der Waals surface area (Å²) in [6.07, 6.45) is 2.60. The summed E-state index contributed by atoms with van der Waals surface area (Å²) >= 11 is 0. The van der Waals surface area contributed by atoms with Gasteiger partial charge in [-0.15, -0.1) is 0 Å². The van der Waals surface area contributed by atoms with E-state index in [4.69, 9.17) is 9.84 Å². The van der Waals surface area contributed by atoms with Crippen LogP contribution in [0, 0.1) is 0 Å². The van der Waals surface area contributed by atoms with E-state index in [2.05, 4.69) is 20.2 Å². The van der Waals surface area contributed by atoms with E-state index >= 15 is 0 Å². The lowest BCUT2D eigenvalue weighted by molar-refractivity contribution is 0.0398. The molecule has 0 radical (unpaired) electrons. The smallest absolute Gasteiger partial charge is 0.338 e. The van der Waals surface area contributed by atoms with E-state index in [1.807, 2.05) is 0 Å². The Bertz CT molecular complexity index is 390. The number of aromatic nitrogens is 2. The van der Waals surface area contributed by atoms with E-state index in [1.165, 1.54) is 12.4 Å². The first-order valence-electron chi connectivity index (χ1n) is 5.85. The molecule has 1 saturated heterocycles. The van der Waals surface area contributed by atoms with Crippen LogP contribution in [0.5, 0.6) is 0 Å². The number of nitrogens with one attached hydrogen (secondary N) is 1. The second kappa shape index (κ2) is 6.27. The van der Waals surface area contributed by atoms with Gasteiger partial charge in [0.05, 0.1) is 18.8 Å². The zero-order chi connectivity index (χ0) is 12.8. The minimum absolute atomic E-state index is 0.0914. The maximum Gasteiger partial charge on any atom is 0.338 e. The molecule has 0 atom stereocenters. The quantitative estimate of drug-likeness (QED) is 0.757. The zero-order valence-electron chi connectivity index (χ0n) is 10.0. The minimum atomic E-state index is -1.02. The second-order valence-electron chi connectivity index (χ2n) is 3.98. The van der Waals surface area contributed by atoms with Crippen molar-refractivity contribution in [3.05, 3.63) is 18.0 Å². The summed E-state index contributed by atoms with van der Waals surface area (Å²) in [6.45, 7) is 5.08. The Morgan fingerprint density at radius 1 is 1.39 bits per heavy atom. The third-order valence-corrected chi connectivity index (χ3v) is 2.71. The number of carbonyl (C=O) groups is 1. The van der Waals surface area contributed by atoms with Crippen molar-refractivity contribution < 1.29 is 14.6 Å². The Morgan fingerprint density at radius 2 is 2.06 bits per heavy atom. The fourth-order valence-electron chi connectivity index (χ4n) is 1.68. The lowest BCUT2D eigenvalue weighted by atomic mass is 10.3. The molecule has 1 aromatic rings. The van der Waals surface area contributed by atoms with Gasteiger partial charge < -0.3 is 15.2 Å². The second-order valence-corrected chi connectivity index (χ2v) is 3.98. The fourth-order valence-corrected chi connectivity index (χ4v) is 1.68. The predicted molar refractivity (Wildman–Crippen MR) is 64.7 cm³/mol. The van der Waals surface area contributed by atoms with Gasteiger partial charge in [-0.25, -0.2) is 14.8 Å². The van der Waals surface area contributed by atoms with Crippen LogP contribution in [-0.4, -0.2) is 65.3 Å². The highest BCUT2D eigenvalue weighted by Gasteiger charge is 2.09. The van der Waals surface area contributed by atoms with Crippen LogP contribution in [0.3, 0.4) is 0 Å². The van der Waals surface area contributed by atoms with Crippen molar-refractivity contribution in [2.75, 3.05) is 44.7 Å². The molecule has 18 heavy (non-hydrogen) atoms. The largest absolute Gasteiger partial charge is 0.478 e. The topological polar surface area (TPSA) is 87.6 Å². The number of aromatic carboxylic acids is 1. The first-order chi connectivity index (χ1) is 8.75. The molecule has 0 aromatic carbocycles. The van der Waals surface area contributed by atoms with Crippen molar-refractivity contribution in [2.24, 2.45) is 0 Å². The van der Waals surface area contributed by atoms with E-state index in [9.17, 15) is 4.79 Å². The monoisotopic (exact) mass is 252 g/mol. The molecule has 1 fully saturated rings. The van der Waals surface area contributed by atoms with Crippen LogP contribution >= 0.6 is 0 Å². The van der Waals surface area contributed by atoms with Crippen molar-refractivity contribution in [3.8, 4) is 0 Å². The van der Waals surface area contributed by atoms with Crippen molar-refractivity contribution in [1.29, 1.82) is 0 Å². The van der Waals surface area contributed by atoms with Gasteiger partial charge in [-0.3, -0.25) is 4.90 Å². The number of carboxylic acids is 1. The van der Waals surface area contributed by atoms with E-state index < -0.39 is 5.97 Å². The molecular formula is C11H16N4O3. The highest BCUT2D eigenvalue weighted by molar-refractivity contribution is 5.86. The van der Waals surface area contributed by atoms with Crippen LogP contribution in [0.25, 0.3) is 0 Å². The molecule has 1 aliphatic heterocycles. The highest BCUT2D eigenvalue weighted by Crippen LogP contribution is 2.01. The van der Waals surface area contributed by atoms with Crippen LogP contribution in [0.4, 0.5) is 5.95 Å². The lowest BCUT2D eigenvalue weighted by Crippen LogP contribution is -2.39. The van der Waals surface area contributed by atoms with Gasteiger partial charge in [0.2, 0.25) is 5.95 Å². The Morgan fingerprint density at radius 3 is 2.67 bits per heavy atom. The average Bonchev–Trinajstić information content (AvgIpc) is 2.40. The summed E-state index contributed by atoms with van der Waals surface area (Å²) < 4.78 is 5.26. The third kappa shape index (κ3) is 3.64. The number of morpholine rings is 1. The van der Waals surface area contributed by atoms with E-state index in [1.54, 1.807) is 0 Å². The van der Waals surface area contributed by atoms with Gasteiger partial charge in [-0.2, -0.15) is 0 Å². The molecule has 0 aliphatic carbocycles. The molecule has 0 bridgehead atoms. The first kappa shape index (κ1) is 12.7. The summed E-state index contributed by atoms with van der Waals surface area (Å²) in [7, 11) is 0. The summed E-state index contributed by atoms with van der Waals surface area (Å²) in [6, 6.07) is 0. The van der Waals surface area contributed by atoms with Crippen molar-refractivity contribution in [3.63, 3.8) is 0 Å². The molecule has 0 saturated carbocycles. The molecule has 2 N–H and O–H groups in total. The first-order valence-corrected chi connectivity index (χ1v) is 5.85. The highest BCUT2D eigenvalue weighted by atomic mass is 16.5. The predicted octanol–water partition coefficient (Wildman–Crippen LogP) is -0.0811. The van der Waals surface area contributed by atoms with Crippen molar-refractivity contribution in [1.82, 2.24) is 14.9 Å². The Hall–Kier alpha value is -1.73. The van der Waals surface area contributed by atoms with Crippen molar-refractivity contribution >= 4 is 11.9 Å². The molecule has 0 spiro atoms. The summed E-state index contributed by atoms with van der Waals surface area (Å²) in [5.41, 5.74) is 0.0914. The maximum atomic E-state index is 10.6. The molecule has 1 aromatic heterocycles. The van der Waals surface area contributed by atoms with E-state index in [0.717, 1.165) is 39.4 Å². The number of carboxylic acid groups (broad SMARTS) is 1. The zero-order valence-corrected chi connectivity index (χ0v) is 10.0. The van der Waals surface area contributed by atoms with Crippen LogP contribution < -0.4 is 5.32 Å². The SMILES string of the molecule is O=C(O)c1cnc(NCCN2CCOCC2)nc1. The van der Waals surface area contributed by atoms with Crippen LogP contribution in [0.15, 0.2) is 12.4 Å². The molecule has 0 amide bonds. The molecule has 7 nitrogen and oxygen atoms in total. The van der Waals surface area contributed by atoms with Gasteiger partial charge in [0.25, 0.3) is 0 Å². The summed E-state index contributed by atoms with van der Waals surface area (Å²) in [5.74, 6) is -0.567. The van der Waals surface area contributed by atoms with E-state index in [-0.39, 0.29) is 5.56 Å². The number of anilines is 1. The standard InChI is InChI=1S/C11H16N4O3/c16-10(17)9-7-13-11(14-8-9)12-1-2-15-3-5-18-6-4-15/h7-8H,1-6H2,(H,16,17)(H,12,13,14). The third-order valence-electron chi connectivity index (χ3n) is 2.71. The van der Waals surface area contributed by atoms with Gasteiger partial charge in [0.1, 0.15) is 0 Å². The van der Waals surface area contributed by atoms with Gasteiger partial charge in [0.15, 0.2) is 0 Å². The molecule has 2 heterocycles. The van der Waals surface area contributed by atoms with Crippen molar-refractivity contribution in [2.45, 2.75) is 0 Å². The molecular weight excluding hydrogens is 236 g/mol. The number of rotatable bonds is 5. The maximum absolute atomic E-state index is 10.6. The van der Waals surface area contributed by atoms with Gasteiger partial charge in [-0.05, 0) is 0 Å². The molecule has 7 heteroatoms. The Kier molecular flexibility index (Phi) is 4.43. The van der Waals surface area contributed by atoms with Gasteiger partial charge in [0, 0.05) is 38.6 Å². The van der Waals surface area contributed by atoms with Gasteiger partial charge in [-0.1, -0.05) is 0 Å². The Balaban J connectivity index is 1.74. The Labute approximate surface area is 105 Å². The van der Waals surface area contributed by atoms with Gasteiger partial charge >= 0.3 is 5.97 Å². The molecule has 0 unspecified atom stereocenters. The molecule has 2 rings (SSSR count). The lowest BCUT2D eigenvalue weighted by Gasteiger charge is -2.26. The summed E-state index contributed by atoms with van der Waals surface area (Å²) in [5, 5.41) is 11.8. The van der Waals surface area contributed by atoms with Crippen LogP contribution in [0.1, 0.15) is 10.4 Å². The molecule has 98 valence electrons. The number of ether oxygens (including phenoxy) is 1. The average molecular weight is 252 g/mol.